The molecule has 0 bridgehead atoms. The molecule has 0 amide bonds. The molecule has 0 radical (unpaired) electrons. The van der Waals surface area contributed by atoms with Crippen molar-refractivity contribution in [1.29, 1.82) is 0 Å². The summed E-state index contributed by atoms with van der Waals surface area (Å²) in [5.41, 5.74) is 0.0301. The molecule has 0 aromatic heterocycles. The van der Waals surface area contributed by atoms with Gasteiger partial charge in [0.1, 0.15) is 0 Å². The summed E-state index contributed by atoms with van der Waals surface area (Å²) in [4.78, 5) is 21.5. The minimum atomic E-state index is -1.08. The summed E-state index contributed by atoms with van der Waals surface area (Å²) < 4.78 is 0. The van der Waals surface area contributed by atoms with Crippen LogP contribution in [0.15, 0.2) is 23.1 Å². The van der Waals surface area contributed by atoms with E-state index in [1.807, 2.05) is 13.8 Å². The van der Waals surface area contributed by atoms with Gasteiger partial charge < -0.3 is 5.11 Å². The molecule has 0 unspecified atom stereocenters. The van der Waals surface area contributed by atoms with Gasteiger partial charge >= 0.3 is 5.97 Å². The Kier molecular flexibility index (Phi) is 4.51. The molecule has 1 rings (SSSR count). The average Bonchev–Trinajstić information content (AvgIpc) is 2.25. The van der Waals surface area contributed by atoms with E-state index in [1.165, 1.54) is 30.0 Å². The zero-order chi connectivity index (χ0) is 13.0. The van der Waals surface area contributed by atoms with E-state index >= 15 is 0 Å². The van der Waals surface area contributed by atoms with Crippen LogP contribution in [0, 0.1) is 16.0 Å². The second kappa shape index (κ2) is 5.67. The molecule has 1 N–H and O–H groups in total. The Morgan fingerprint density at radius 2 is 2.18 bits per heavy atom. The van der Waals surface area contributed by atoms with Crippen LogP contribution >= 0.6 is 11.8 Å². The van der Waals surface area contributed by atoms with E-state index in [1.54, 1.807) is 0 Å². The molecule has 0 aliphatic heterocycles. The lowest BCUT2D eigenvalue weighted by molar-refractivity contribution is -0.387. The Balaban J connectivity index is 3.07. The van der Waals surface area contributed by atoms with Crippen molar-refractivity contribution in [3.63, 3.8) is 0 Å². The van der Waals surface area contributed by atoms with Crippen LogP contribution < -0.4 is 0 Å². The van der Waals surface area contributed by atoms with Crippen LogP contribution in [-0.2, 0) is 0 Å². The lowest BCUT2D eigenvalue weighted by Gasteiger charge is -2.06. The van der Waals surface area contributed by atoms with Crippen LogP contribution in [0.2, 0.25) is 0 Å². The fourth-order valence-electron chi connectivity index (χ4n) is 1.17. The number of carbonyl (C=O) groups is 1. The van der Waals surface area contributed by atoms with Crippen molar-refractivity contribution in [3.05, 3.63) is 33.9 Å². The predicted molar refractivity (Wildman–Crippen MR) is 65.6 cm³/mol. The molecule has 0 saturated carbocycles. The molecule has 0 heterocycles. The second-order valence-corrected chi connectivity index (χ2v) is 5.01. The Bertz CT molecular complexity index is 445. The van der Waals surface area contributed by atoms with Gasteiger partial charge in [0.25, 0.3) is 5.69 Å². The highest BCUT2D eigenvalue weighted by atomic mass is 32.2. The second-order valence-electron chi connectivity index (χ2n) is 3.95. The van der Waals surface area contributed by atoms with Crippen LogP contribution in [0.4, 0.5) is 5.69 Å². The molecule has 5 nitrogen and oxygen atoms in total. The quantitative estimate of drug-likeness (QED) is 0.497. The van der Waals surface area contributed by atoms with Crippen LogP contribution in [-0.4, -0.2) is 21.8 Å². The molecule has 0 fully saturated rings. The first-order valence-corrected chi connectivity index (χ1v) is 6.05. The summed E-state index contributed by atoms with van der Waals surface area (Å²) in [5.74, 6) is 0.0172. The Morgan fingerprint density at radius 1 is 1.53 bits per heavy atom. The average molecular weight is 255 g/mol. The molecule has 0 saturated heterocycles. The van der Waals surface area contributed by atoms with Crippen LogP contribution in [0.25, 0.3) is 0 Å². The summed E-state index contributed by atoms with van der Waals surface area (Å²) in [7, 11) is 0. The Morgan fingerprint density at radius 3 is 2.65 bits per heavy atom. The summed E-state index contributed by atoms with van der Waals surface area (Å²) in [6, 6.07) is 3.85. The van der Waals surface area contributed by atoms with Gasteiger partial charge in [0.15, 0.2) is 0 Å². The number of thioether (sulfide) groups is 1. The number of nitro benzene ring substituents is 1. The van der Waals surface area contributed by atoms with Crippen LogP contribution in [0.5, 0.6) is 0 Å². The largest absolute Gasteiger partial charge is 0.478 e. The van der Waals surface area contributed by atoms with Gasteiger partial charge in [-0.15, -0.1) is 11.8 Å². The molecule has 92 valence electrons. The van der Waals surface area contributed by atoms with Gasteiger partial charge in [0, 0.05) is 11.8 Å². The lowest BCUT2D eigenvalue weighted by Crippen LogP contribution is -2.00. The van der Waals surface area contributed by atoms with Gasteiger partial charge in [0.05, 0.1) is 15.4 Å². The van der Waals surface area contributed by atoms with E-state index in [2.05, 4.69) is 0 Å². The van der Waals surface area contributed by atoms with E-state index in [0.29, 0.717) is 16.6 Å². The number of hydrogen-bond donors (Lipinski definition) is 1. The standard InChI is InChI=1S/C11H13NO4S/c1-7(2)6-17-10-5-8(11(13)14)3-4-9(10)12(15)16/h3-5,7H,6H2,1-2H3,(H,13,14). The van der Waals surface area contributed by atoms with Crippen molar-refractivity contribution in [2.24, 2.45) is 5.92 Å². The molecule has 0 atom stereocenters. The molecule has 0 aliphatic carbocycles. The minimum absolute atomic E-state index is 0.0411. The normalized spacial score (nSPS) is 10.5. The number of carboxylic acids is 1. The molecule has 0 spiro atoms. The van der Waals surface area contributed by atoms with Crippen molar-refractivity contribution >= 4 is 23.4 Å². The number of nitro groups is 1. The topological polar surface area (TPSA) is 80.4 Å². The maximum Gasteiger partial charge on any atom is 0.335 e. The summed E-state index contributed by atoms with van der Waals surface area (Å²) in [5, 5.41) is 19.6. The first-order chi connectivity index (χ1) is 7.91. The summed E-state index contributed by atoms with van der Waals surface area (Å²) >= 11 is 1.31. The highest BCUT2D eigenvalue weighted by molar-refractivity contribution is 7.99. The smallest absolute Gasteiger partial charge is 0.335 e. The number of benzene rings is 1. The summed E-state index contributed by atoms with van der Waals surface area (Å²) in [6.45, 7) is 4.00. The number of carboxylic acid groups (broad SMARTS) is 1. The molecular weight excluding hydrogens is 242 g/mol. The predicted octanol–water partition coefficient (Wildman–Crippen LogP) is 3.04. The molecule has 6 heteroatoms. The van der Waals surface area contributed by atoms with Gasteiger partial charge in [-0.1, -0.05) is 13.8 Å². The van der Waals surface area contributed by atoms with Crippen molar-refractivity contribution in [2.75, 3.05) is 5.75 Å². The number of nitrogens with zero attached hydrogens (tertiary/aromatic N) is 1. The SMILES string of the molecule is CC(C)CSc1cc(C(=O)O)ccc1[N+](=O)[O-]. The minimum Gasteiger partial charge on any atom is -0.478 e. The van der Waals surface area contributed by atoms with Crippen LogP contribution in [0.3, 0.4) is 0 Å². The fraction of sp³-hybridized carbons (Fsp3) is 0.364. The van der Waals surface area contributed by atoms with E-state index in [9.17, 15) is 14.9 Å². The third-order valence-corrected chi connectivity index (χ3v) is 3.45. The maximum absolute atomic E-state index is 10.8. The highest BCUT2D eigenvalue weighted by Crippen LogP contribution is 2.31. The maximum atomic E-state index is 10.8. The van der Waals surface area contributed by atoms with E-state index < -0.39 is 10.9 Å². The third kappa shape index (κ3) is 3.74. The van der Waals surface area contributed by atoms with E-state index in [4.69, 9.17) is 5.11 Å². The number of aromatic carboxylic acids is 1. The first kappa shape index (κ1) is 13.5. The zero-order valence-corrected chi connectivity index (χ0v) is 10.4. The van der Waals surface area contributed by atoms with Crippen LogP contribution in [0.1, 0.15) is 24.2 Å². The number of hydrogen-bond acceptors (Lipinski definition) is 4. The monoisotopic (exact) mass is 255 g/mol. The highest BCUT2D eigenvalue weighted by Gasteiger charge is 2.17. The zero-order valence-electron chi connectivity index (χ0n) is 9.54. The molecule has 0 aliphatic rings. The van der Waals surface area contributed by atoms with Gasteiger partial charge in [0.2, 0.25) is 0 Å². The Hall–Kier alpha value is -1.56. The number of rotatable bonds is 5. The first-order valence-electron chi connectivity index (χ1n) is 5.06. The van der Waals surface area contributed by atoms with E-state index in [0.717, 1.165) is 0 Å². The van der Waals surface area contributed by atoms with Crippen molar-refractivity contribution in [1.82, 2.24) is 0 Å². The summed E-state index contributed by atoms with van der Waals surface area (Å²) in [6.07, 6.45) is 0. The fourth-order valence-corrected chi connectivity index (χ4v) is 2.18. The van der Waals surface area contributed by atoms with Gasteiger partial charge in [-0.05, 0) is 18.1 Å². The van der Waals surface area contributed by atoms with Crippen molar-refractivity contribution < 1.29 is 14.8 Å². The van der Waals surface area contributed by atoms with Crippen molar-refractivity contribution in [2.45, 2.75) is 18.7 Å². The molecule has 1 aromatic rings. The Labute approximate surface area is 103 Å². The van der Waals surface area contributed by atoms with Gasteiger partial charge in [-0.3, -0.25) is 10.1 Å². The molecule has 1 aromatic carbocycles. The third-order valence-electron chi connectivity index (χ3n) is 1.98. The molecule has 17 heavy (non-hydrogen) atoms. The molecular formula is C11H13NO4S. The van der Waals surface area contributed by atoms with Gasteiger partial charge in [-0.25, -0.2) is 4.79 Å². The van der Waals surface area contributed by atoms with Gasteiger partial charge in [-0.2, -0.15) is 0 Å². The lowest BCUT2D eigenvalue weighted by atomic mass is 10.2. The van der Waals surface area contributed by atoms with E-state index in [-0.39, 0.29) is 11.3 Å². The van der Waals surface area contributed by atoms with Crippen molar-refractivity contribution in [3.8, 4) is 0 Å².